The molecule has 0 fully saturated rings. The maximum absolute atomic E-state index is 12.1. The summed E-state index contributed by atoms with van der Waals surface area (Å²) in [5.74, 6) is 0.662. The van der Waals surface area contributed by atoms with Crippen molar-refractivity contribution in [2.45, 2.75) is 33.2 Å². The SMILES string of the molecule is CCOc1cccc(CNC(=O)CCCN(c2ccc(C)cc2)S(C)(=O)=O)c1. The Morgan fingerprint density at radius 2 is 1.86 bits per heavy atom. The van der Waals surface area contributed by atoms with E-state index in [9.17, 15) is 13.2 Å². The molecule has 1 N–H and O–H groups in total. The number of carbonyl (C=O) groups is 1. The van der Waals surface area contributed by atoms with E-state index >= 15 is 0 Å². The normalized spacial score (nSPS) is 11.1. The highest BCUT2D eigenvalue weighted by Crippen LogP contribution is 2.19. The van der Waals surface area contributed by atoms with Crippen molar-refractivity contribution in [3.63, 3.8) is 0 Å². The third kappa shape index (κ3) is 6.88. The molecule has 0 bridgehead atoms. The highest BCUT2D eigenvalue weighted by Gasteiger charge is 2.17. The first-order valence-electron chi connectivity index (χ1n) is 9.32. The Labute approximate surface area is 167 Å². The maximum atomic E-state index is 12.1. The molecule has 2 aromatic rings. The molecule has 7 heteroatoms. The van der Waals surface area contributed by atoms with Crippen LogP contribution in [0.3, 0.4) is 0 Å². The number of hydrogen-bond donors (Lipinski definition) is 1. The number of sulfonamides is 1. The molecule has 28 heavy (non-hydrogen) atoms. The molecule has 0 atom stereocenters. The molecule has 2 rings (SSSR count). The van der Waals surface area contributed by atoms with Gasteiger partial charge in [-0.15, -0.1) is 0 Å². The summed E-state index contributed by atoms with van der Waals surface area (Å²) >= 11 is 0. The second-order valence-corrected chi connectivity index (χ2v) is 8.54. The lowest BCUT2D eigenvalue weighted by Crippen LogP contribution is -2.32. The summed E-state index contributed by atoms with van der Waals surface area (Å²) in [6.07, 6.45) is 1.87. The second kappa shape index (κ2) is 10.1. The number of rotatable bonds is 10. The summed E-state index contributed by atoms with van der Waals surface area (Å²) < 4.78 is 31.0. The van der Waals surface area contributed by atoms with Crippen LogP contribution in [0.25, 0.3) is 0 Å². The van der Waals surface area contributed by atoms with Gasteiger partial charge in [-0.05, 0) is 50.1 Å². The Hall–Kier alpha value is -2.54. The molecule has 0 radical (unpaired) electrons. The summed E-state index contributed by atoms with van der Waals surface area (Å²) in [7, 11) is -3.41. The molecule has 0 aliphatic rings. The van der Waals surface area contributed by atoms with Gasteiger partial charge in [0.05, 0.1) is 18.6 Å². The van der Waals surface area contributed by atoms with Crippen LogP contribution < -0.4 is 14.4 Å². The zero-order chi connectivity index (χ0) is 20.6. The molecular formula is C21H28N2O4S. The lowest BCUT2D eigenvalue weighted by Gasteiger charge is -2.22. The zero-order valence-corrected chi connectivity index (χ0v) is 17.5. The first-order chi connectivity index (χ1) is 13.3. The average Bonchev–Trinajstić information content (AvgIpc) is 2.64. The van der Waals surface area contributed by atoms with Gasteiger partial charge >= 0.3 is 0 Å². The third-order valence-electron chi connectivity index (χ3n) is 4.19. The van der Waals surface area contributed by atoms with Crippen molar-refractivity contribution in [1.82, 2.24) is 5.32 Å². The standard InChI is InChI=1S/C21H28N2O4S/c1-4-27-20-8-5-7-18(15-20)16-22-21(24)9-6-14-23(28(3,25)26)19-12-10-17(2)11-13-19/h5,7-8,10-13,15H,4,6,9,14,16H2,1-3H3,(H,22,24). The Bertz CT molecular complexity index is 880. The van der Waals surface area contributed by atoms with E-state index in [1.165, 1.54) is 10.6 Å². The van der Waals surface area contributed by atoms with Crippen LogP contribution in [0.5, 0.6) is 5.75 Å². The molecule has 0 saturated heterocycles. The lowest BCUT2D eigenvalue weighted by atomic mass is 10.2. The fourth-order valence-corrected chi connectivity index (χ4v) is 3.75. The van der Waals surface area contributed by atoms with Gasteiger partial charge in [0, 0.05) is 19.5 Å². The highest BCUT2D eigenvalue weighted by atomic mass is 32.2. The Morgan fingerprint density at radius 3 is 2.50 bits per heavy atom. The Kier molecular flexibility index (Phi) is 7.87. The molecule has 0 saturated carbocycles. The minimum atomic E-state index is -3.41. The number of amides is 1. The van der Waals surface area contributed by atoms with E-state index < -0.39 is 10.0 Å². The topological polar surface area (TPSA) is 75.7 Å². The molecule has 6 nitrogen and oxygen atoms in total. The van der Waals surface area contributed by atoms with E-state index in [0.717, 1.165) is 16.9 Å². The molecule has 152 valence electrons. The Balaban J connectivity index is 1.85. The van der Waals surface area contributed by atoms with Gasteiger partial charge in [0.25, 0.3) is 0 Å². The van der Waals surface area contributed by atoms with E-state index in [2.05, 4.69) is 5.32 Å². The van der Waals surface area contributed by atoms with Gasteiger partial charge in [-0.1, -0.05) is 29.8 Å². The second-order valence-electron chi connectivity index (χ2n) is 6.63. The number of nitrogens with one attached hydrogen (secondary N) is 1. The van der Waals surface area contributed by atoms with Crippen LogP contribution in [0.1, 0.15) is 30.9 Å². The van der Waals surface area contributed by atoms with Crippen LogP contribution in [0.15, 0.2) is 48.5 Å². The first-order valence-corrected chi connectivity index (χ1v) is 11.2. The molecule has 1 amide bonds. The van der Waals surface area contributed by atoms with Crippen LogP contribution in [0, 0.1) is 6.92 Å². The van der Waals surface area contributed by atoms with Crippen molar-refractivity contribution in [3.05, 3.63) is 59.7 Å². The molecule has 0 aliphatic carbocycles. The molecular weight excluding hydrogens is 376 g/mol. The fourth-order valence-electron chi connectivity index (χ4n) is 2.78. The van der Waals surface area contributed by atoms with Crippen molar-refractivity contribution < 1.29 is 17.9 Å². The van der Waals surface area contributed by atoms with Gasteiger partial charge in [-0.2, -0.15) is 0 Å². The lowest BCUT2D eigenvalue weighted by molar-refractivity contribution is -0.121. The van der Waals surface area contributed by atoms with E-state index in [-0.39, 0.29) is 18.9 Å². The van der Waals surface area contributed by atoms with Crippen molar-refractivity contribution in [3.8, 4) is 5.75 Å². The fraction of sp³-hybridized carbons (Fsp3) is 0.381. The summed E-state index contributed by atoms with van der Waals surface area (Å²) in [6, 6.07) is 14.9. The van der Waals surface area contributed by atoms with E-state index in [1.54, 1.807) is 12.1 Å². The van der Waals surface area contributed by atoms with Crippen LogP contribution in [-0.4, -0.2) is 33.7 Å². The molecule has 0 aromatic heterocycles. The zero-order valence-electron chi connectivity index (χ0n) is 16.6. The van der Waals surface area contributed by atoms with Gasteiger partial charge in [0.15, 0.2) is 0 Å². The van der Waals surface area contributed by atoms with Gasteiger partial charge in [0.1, 0.15) is 5.75 Å². The summed E-state index contributed by atoms with van der Waals surface area (Å²) in [5, 5.41) is 2.87. The van der Waals surface area contributed by atoms with Crippen LogP contribution >= 0.6 is 0 Å². The molecule has 0 unspecified atom stereocenters. The number of hydrogen-bond acceptors (Lipinski definition) is 4. The van der Waals surface area contributed by atoms with Crippen LogP contribution in [-0.2, 0) is 21.4 Å². The summed E-state index contributed by atoms with van der Waals surface area (Å²) in [4.78, 5) is 12.1. The number of nitrogens with zero attached hydrogens (tertiary/aromatic N) is 1. The highest BCUT2D eigenvalue weighted by molar-refractivity contribution is 7.92. The number of aryl methyl sites for hydroxylation is 1. The minimum Gasteiger partial charge on any atom is -0.494 e. The maximum Gasteiger partial charge on any atom is 0.232 e. The predicted molar refractivity (Wildman–Crippen MR) is 112 cm³/mol. The molecule has 0 heterocycles. The largest absolute Gasteiger partial charge is 0.494 e. The summed E-state index contributed by atoms with van der Waals surface area (Å²) in [5.41, 5.74) is 2.63. The number of carbonyl (C=O) groups excluding carboxylic acids is 1. The van der Waals surface area contributed by atoms with E-state index in [0.29, 0.717) is 25.3 Å². The number of benzene rings is 2. The average molecular weight is 405 g/mol. The summed E-state index contributed by atoms with van der Waals surface area (Å²) in [6.45, 7) is 5.13. The van der Waals surface area contributed by atoms with Crippen LogP contribution in [0.2, 0.25) is 0 Å². The van der Waals surface area contributed by atoms with E-state index in [1.807, 2.05) is 50.2 Å². The van der Waals surface area contributed by atoms with E-state index in [4.69, 9.17) is 4.74 Å². The molecule has 0 spiro atoms. The number of ether oxygens (including phenoxy) is 1. The third-order valence-corrected chi connectivity index (χ3v) is 5.38. The molecule has 0 aliphatic heterocycles. The first kappa shape index (κ1) is 21.8. The van der Waals surface area contributed by atoms with Crippen molar-refractivity contribution in [2.24, 2.45) is 0 Å². The van der Waals surface area contributed by atoms with Gasteiger partial charge in [-0.3, -0.25) is 9.10 Å². The van der Waals surface area contributed by atoms with Crippen molar-refractivity contribution >= 4 is 21.6 Å². The quantitative estimate of drug-likeness (QED) is 0.659. The van der Waals surface area contributed by atoms with Gasteiger partial charge in [0.2, 0.25) is 15.9 Å². The Morgan fingerprint density at radius 1 is 1.14 bits per heavy atom. The van der Waals surface area contributed by atoms with Gasteiger partial charge < -0.3 is 10.1 Å². The van der Waals surface area contributed by atoms with Crippen molar-refractivity contribution in [1.29, 1.82) is 0 Å². The predicted octanol–water partition coefficient (Wildman–Crippen LogP) is 3.26. The van der Waals surface area contributed by atoms with Crippen LogP contribution in [0.4, 0.5) is 5.69 Å². The monoisotopic (exact) mass is 404 g/mol. The number of anilines is 1. The minimum absolute atomic E-state index is 0.112. The van der Waals surface area contributed by atoms with Crippen molar-refractivity contribution in [2.75, 3.05) is 23.7 Å². The molecule has 2 aromatic carbocycles. The smallest absolute Gasteiger partial charge is 0.232 e. The van der Waals surface area contributed by atoms with Gasteiger partial charge in [-0.25, -0.2) is 8.42 Å².